The second-order valence-electron chi connectivity index (χ2n) is 4.71. The van der Waals surface area contributed by atoms with E-state index in [2.05, 4.69) is 0 Å². The van der Waals surface area contributed by atoms with Crippen LogP contribution in [0.3, 0.4) is 0 Å². The van der Waals surface area contributed by atoms with Crippen LogP contribution in [0.1, 0.15) is 12.8 Å². The van der Waals surface area contributed by atoms with E-state index in [4.69, 9.17) is 41.2 Å². The number of nitrogens with zero attached hydrogens (tertiary/aromatic N) is 1. The summed E-state index contributed by atoms with van der Waals surface area (Å²) in [5.41, 5.74) is 5.63. The van der Waals surface area contributed by atoms with Crippen molar-refractivity contribution in [2.24, 2.45) is 11.7 Å². The van der Waals surface area contributed by atoms with Crippen LogP contribution in [0.25, 0.3) is 0 Å². The van der Waals surface area contributed by atoms with Gasteiger partial charge < -0.3 is 5.73 Å². The molecule has 0 aromatic heterocycles. The molecular weight excluding hydrogens is 339 g/mol. The van der Waals surface area contributed by atoms with Crippen molar-refractivity contribution < 1.29 is 8.42 Å². The van der Waals surface area contributed by atoms with Crippen molar-refractivity contribution in [2.45, 2.75) is 17.7 Å². The summed E-state index contributed by atoms with van der Waals surface area (Å²) in [6.45, 7) is 0.757. The van der Waals surface area contributed by atoms with Gasteiger partial charge in [-0.1, -0.05) is 35.4 Å². The van der Waals surface area contributed by atoms with E-state index in [-0.39, 0.29) is 10.8 Å². The van der Waals surface area contributed by atoms with Gasteiger partial charge in [-0.25, -0.2) is 8.42 Å². The third kappa shape index (κ3) is 3.43. The number of hydrogen-bond donors (Lipinski definition) is 1. The molecule has 4 nitrogen and oxygen atoms in total. The summed E-state index contributed by atoms with van der Waals surface area (Å²) in [7, 11) is -3.62. The number of sulfonamides is 1. The molecule has 1 unspecified atom stereocenters. The van der Waals surface area contributed by atoms with E-state index in [1.54, 1.807) is 0 Å². The largest absolute Gasteiger partial charge is 0.393 e. The summed E-state index contributed by atoms with van der Waals surface area (Å²) in [6, 6.07) is 4.29. The second kappa shape index (κ2) is 6.15. The van der Waals surface area contributed by atoms with E-state index in [1.807, 2.05) is 0 Å². The van der Waals surface area contributed by atoms with Crippen LogP contribution in [0.15, 0.2) is 23.1 Å². The highest BCUT2D eigenvalue weighted by molar-refractivity contribution is 7.89. The molecule has 110 valence electrons. The van der Waals surface area contributed by atoms with Crippen molar-refractivity contribution in [3.05, 3.63) is 28.2 Å². The van der Waals surface area contributed by atoms with Crippen molar-refractivity contribution >= 4 is 50.4 Å². The topological polar surface area (TPSA) is 63.4 Å². The van der Waals surface area contributed by atoms with Crippen LogP contribution in [0.2, 0.25) is 10.0 Å². The molecule has 0 spiro atoms. The average molecular weight is 353 g/mol. The molecule has 1 fully saturated rings. The quantitative estimate of drug-likeness (QED) is 0.849. The van der Waals surface area contributed by atoms with Gasteiger partial charge in [0.15, 0.2) is 0 Å². The minimum atomic E-state index is -3.62. The number of piperidine rings is 1. The smallest absolute Gasteiger partial charge is 0.243 e. The Balaban J connectivity index is 2.32. The van der Waals surface area contributed by atoms with Crippen LogP contribution in [0.5, 0.6) is 0 Å². The fourth-order valence-electron chi connectivity index (χ4n) is 2.22. The van der Waals surface area contributed by atoms with Crippen molar-refractivity contribution in [3.8, 4) is 0 Å². The molecule has 1 aliphatic rings. The molecule has 1 heterocycles. The number of benzene rings is 1. The minimum Gasteiger partial charge on any atom is -0.393 e. The summed E-state index contributed by atoms with van der Waals surface area (Å²) >= 11 is 16.7. The predicted molar refractivity (Wildman–Crippen MR) is 84.7 cm³/mol. The third-order valence-electron chi connectivity index (χ3n) is 3.26. The van der Waals surface area contributed by atoms with Gasteiger partial charge in [-0.2, -0.15) is 4.31 Å². The molecule has 1 aliphatic heterocycles. The standard InChI is InChI=1S/C12H14Cl2N2O2S2/c13-9-4-10(14)6-11(5-9)20(17,18)16-3-1-2-8(7-16)12(15)19/h4-6,8H,1-3,7H2,(H2,15,19). The lowest BCUT2D eigenvalue weighted by molar-refractivity contribution is 0.312. The Morgan fingerprint density at radius 3 is 2.45 bits per heavy atom. The number of thiocarbonyl (C=S) groups is 1. The monoisotopic (exact) mass is 352 g/mol. The molecular formula is C12H14Cl2N2O2S2. The molecule has 0 aliphatic carbocycles. The van der Waals surface area contributed by atoms with Crippen molar-refractivity contribution in [3.63, 3.8) is 0 Å². The maximum Gasteiger partial charge on any atom is 0.243 e. The normalized spacial score (nSPS) is 20.8. The first-order valence-corrected chi connectivity index (χ1v) is 8.66. The maximum atomic E-state index is 12.6. The van der Waals surface area contributed by atoms with Crippen molar-refractivity contribution in [2.75, 3.05) is 13.1 Å². The Morgan fingerprint density at radius 2 is 1.90 bits per heavy atom. The van der Waals surface area contributed by atoms with Gasteiger partial charge in [-0.15, -0.1) is 0 Å². The number of nitrogens with two attached hydrogens (primary N) is 1. The molecule has 1 atom stereocenters. The zero-order chi connectivity index (χ0) is 14.9. The lowest BCUT2D eigenvalue weighted by atomic mass is 10.0. The first kappa shape index (κ1) is 16.0. The molecule has 1 aromatic rings. The highest BCUT2D eigenvalue weighted by Crippen LogP contribution is 2.28. The molecule has 0 amide bonds. The zero-order valence-electron chi connectivity index (χ0n) is 10.6. The number of hydrogen-bond acceptors (Lipinski definition) is 3. The molecule has 0 radical (unpaired) electrons. The first-order valence-electron chi connectivity index (χ1n) is 6.06. The molecule has 2 N–H and O–H groups in total. The van der Waals surface area contributed by atoms with E-state index < -0.39 is 10.0 Å². The Hall–Kier alpha value is -0.400. The summed E-state index contributed by atoms with van der Waals surface area (Å²) in [5, 5.41) is 0.581. The highest BCUT2D eigenvalue weighted by Gasteiger charge is 2.31. The Kier molecular flexibility index (Phi) is 4.92. The van der Waals surface area contributed by atoms with Gasteiger partial charge in [0.2, 0.25) is 10.0 Å². The first-order chi connectivity index (χ1) is 9.30. The maximum absolute atomic E-state index is 12.6. The van der Waals surface area contributed by atoms with Crippen LogP contribution in [0, 0.1) is 5.92 Å². The third-order valence-corrected chi connectivity index (χ3v) is 5.87. The number of rotatable bonds is 3. The average Bonchev–Trinajstić information content (AvgIpc) is 2.37. The number of halogens is 2. The van der Waals surface area contributed by atoms with Crippen LogP contribution < -0.4 is 5.73 Å². The zero-order valence-corrected chi connectivity index (χ0v) is 13.7. The Bertz CT molecular complexity index is 614. The van der Waals surface area contributed by atoms with Gasteiger partial charge in [-0.05, 0) is 31.0 Å². The SMILES string of the molecule is NC(=S)C1CCCN(S(=O)(=O)c2cc(Cl)cc(Cl)c2)C1. The van der Waals surface area contributed by atoms with E-state index in [0.717, 1.165) is 12.8 Å². The lowest BCUT2D eigenvalue weighted by Gasteiger charge is -2.31. The van der Waals surface area contributed by atoms with E-state index in [1.165, 1.54) is 22.5 Å². The highest BCUT2D eigenvalue weighted by atomic mass is 35.5. The van der Waals surface area contributed by atoms with E-state index in [9.17, 15) is 8.42 Å². The summed E-state index contributed by atoms with van der Waals surface area (Å²) in [4.78, 5) is 0.451. The molecule has 1 aromatic carbocycles. The van der Waals surface area contributed by atoms with E-state index in [0.29, 0.717) is 28.1 Å². The molecule has 1 saturated heterocycles. The van der Waals surface area contributed by atoms with Gasteiger partial charge >= 0.3 is 0 Å². The summed E-state index contributed by atoms with van der Waals surface area (Å²) in [6.07, 6.45) is 1.55. The van der Waals surface area contributed by atoms with Gasteiger partial charge in [-0.3, -0.25) is 0 Å². The van der Waals surface area contributed by atoms with Crippen molar-refractivity contribution in [1.82, 2.24) is 4.31 Å². The minimum absolute atomic E-state index is 0.0804. The van der Waals surface area contributed by atoms with Crippen LogP contribution in [-0.4, -0.2) is 30.8 Å². The molecule has 20 heavy (non-hydrogen) atoms. The molecule has 0 bridgehead atoms. The van der Waals surface area contributed by atoms with Gasteiger partial charge in [0.05, 0.1) is 9.88 Å². The second-order valence-corrected chi connectivity index (χ2v) is 7.99. The molecule has 2 rings (SSSR count). The van der Waals surface area contributed by atoms with Gasteiger partial charge in [0.25, 0.3) is 0 Å². The summed E-state index contributed by atoms with van der Waals surface area (Å²) in [5.74, 6) is -0.0804. The molecule has 8 heteroatoms. The Labute approximate surface area is 133 Å². The van der Waals surface area contributed by atoms with Gasteiger partial charge in [0, 0.05) is 29.1 Å². The fraction of sp³-hybridized carbons (Fsp3) is 0.417. The molecule has 0 saturated carbocycles. The van der Waals surface area contributed by atoms with Crippen LogP contribution >= 0.6 is 35.4 Å². The predicted octanol–water partition coefficient (Wildman–Crippen LogP) is 2.68. The van der Waals surface area contributed by atoms with E-state index >= 15 is 0 Å². The van der Waals surface area contributed by atoms with Crippen LogP contribution in [0.4, 0.5) is 0 Å². The Morgan fingerprint density at radius 1 is 1.30 bits per heavy atom. The van der Waals surface area contributed by atoms with Crippen LogP contribution in [-0.2, 0) is 10.0 Å². The van der Waals surface area contributed by atoms with Gasteiger partial charge in [0.1, 0.15) is 0 Å². The fourth-order valence-corrected chi connectivity index (χ4v) is 4.66. The summed E-state index contributed by atoms with van der Waals surface area (Å²) < 4.78 is 26.6. The van der Waals surface area contributed by atoms with Crippen molar-refractivity contribution in [1.29, 1.82) is 0 Å². The lowest BCUT2D eigenvalue weighted by Crippen LogP contribution is -2.43.